The van der Waals surface area contributed by atoms with Crippen molar-refractivity contribution in [2.24, 2.45) is 0 Å². The van der Waals surface area contributed by atoms with Crippen molar-refractivity contribution in [2.45, 2.75) is 0 Å². The maximum atomic E-state index is 13.5. The lowest BCUT2D eigenvalue weighted by atomic mass is 10.2. The van der Waals surface area contributed by atoms with E-state index in [0.29, 0.717) is 32.2 Å². The fraction of sp³-hybridized carbons (Fsp3) is 0.263. The summed E-state index contributed by atoms with van der Waals surface area (Å²) in [6, 6.07) is 12.1. The molecular formula is C19H20F2N4O2. The number of halogens is 2. The molecule has 0 aromatic heterocycles. The van der Waals surface area contributed by atoms with E-state index in [1.165, 1.54) is 0 Å². The van der Waals surface area contributed by atoms with Crippen LogP contribution in [0.5, 0.6) is 0 Å². The molecule has 3 rings (SSSR count). The molecule has 0 spiro atoms. The summed E-state index contributed by atoms with van der Waals surface area (Å²) in [5, 5.41) is 4.65. The van der Waals surface area contributed by atoms with Crippen LogP contribution in [0.1, 0.15) is 0 Å². The van der Waals surface area contributed by atoms with Crippen molar-refractivity contribution in [2.75, 3.05) is 42.9 Å². The number of benzene rings is 2. The lowest BCUT2D eigenvalue weighted by Crippen LogP contribution is -2.51. The highest BCUT2D eigenvalue weighted by atomic mass is 19.1. The van der Waals surface area contributed by atoms with E-state index >= 15 is 0 Å². The summed E-state index contributed by atoms with van der Waals surface area (Å²) in [6.45, 7) is 2.35. The minimum Gasteiger partial charge on any atom is -0.368 e. The maximum Gasteiger partial charge on any atom is 0.319 e. The highest BCUT2D eigenvalue weighted by Gasteiger charge is 2.21. The number of anilines is 2. The quantitative estimate of drug-likeness (QED) is 0.864. The Bertz CT molecular complexity index is 809. The second-order valence-corrected chi connectivity index (χ2v) is 6.14. The van der Waals surface area contributed by atoms with E-state index in [4.69, 9.17) is 0 Å². The van der Waals surface area contributed by atoms with Gasteiger partial charge in [-0.25, -0.2) is 13.6 Å². The molecule has 0 aliphatic carbocycles. The molecule has 2 N–H and O–H groups in total. The van der Waals surface area contributed by atoms with E-state index in [0.717, 1.165) is 17.8 Å². The van der Waals surface area contributed by atoms with Gasteiger partial charge >= 0.3 is 6.03 Å². The third kappa shape index (κ3) is 4.93. The van der Waals surface area contributed by atoms with Gasteiger partial charge in [-0.3, -0.25) is 4.79 Å². The molecule has 6 nitrogen and oxygen atoms in total. The van der Waals surface area contributed by atoms with Crippen LogP contribution in [0.15, 0.2) is 48.5 Å². The van der Waals surface area contributed by atoms with Crippen molar-refractivity contribution in [1.29, 1.82) is 0 Å². The number of carbonyl (C=O) groups excluding carboxylic acids is 2. The van der Waals surface area contributed by atoms with Gasteiger partial charge in [0.2, 0.25) is 5.91 Å². The first-order valence-electron chi connectivity index (χ1n) is 8.60. The van der Waals surface area contributed by atoms with Gasteiger partial charge in [-0.05, 0) is 24.3 Å². The smallest absolute Gasteiger partial charge is 0.319 e. The highest BCUT2D eigenvalue weighted by Crippen LogP contribution is 2.16. The molecule has 0 radical (unpaired) electrons. The summed E-state index contributed by atoms with van der Waals surface area (Å²) in [6.07, 6.45) is 0. The third-order valence-corrected chi connectivity index (χ3v) is 4.33. The van der Waals surface area contributed by atoms with Gasteiger partial charge in [0.25, 0.3) is 0 Å². The van der Waals surface area contributed by atoms with Gasteiger partial charge < -0.3 is 20.4 Å². The molecule has 27 heavy (non-hydrogen) atoms. The Kier molecular flexibility index (Phi) is 5.85. The van der Waals surface area contributed by atoms with Gasteiger partial charge in [0.15, 0.2) is 0 Å². The highest BCUT2D eigenvalue weighted by molar-refractivity contribution is 5.92. The van der Waals surface area contributed by atoms with Crippen molar-refractivity contribution in [3.05, 3.63) is 60.2 Å². The fourth-order valence-electron chi connectivity index (χ4n) is 2.88. The van der Waals surface area contributed by atoms with Crippen molar-refractivity contribution < 1.29 is 18.4 Å². The first kappa shape index (κ1) is 18.6. The third-order valence-electron chi connectivity index (χ3n) is 4.33. The van der Waals surface area contributed by atoms with Crippen molar-refractivity contribution in [3.8, 4) is 0 Å². The summed E-state index contributed by atoms with van der Waals surface area (Å²) >= 11 is 0. The zero-order valence-corrected chi connectivity index (χ0v) is 14.6. The molecule has 1 heterocycles. The number of para-hydroxylation sites is 1. The average Bonchev–Trinajstić information content (AvgIpc) is 2.69. The molecule has 0 unspecified atom stereocenters. The zero-order valence-electron chi connectivity index (χ0n) is 14.6. The number of nitrogens with one attached hydrogen (secondary N) is 2. The van der Waals surface area contributed by atoms with Crippen molar-refractivity contribution >= 4 is 23.3 Å². The summed E-state index contributed by atoms with van der Waals surface area (Å²) in [5.41, 5.74) is 0.959. The lowest BCUT2D eigenvalue weighted by molar-refractivity contribution is -0.130. The Morgan fingerprint density at radius 1 is 0.963 bits per heavy atom. The van der Waals surface area contributed by atoms with Crippen LogP contribution in [0.3, 0.4) is 0 Å². The monoisotopic (exact) mass is 374 g/mol. The van der Waals surface area contributed by atoms with E-state index in [2.05, 4.69) is 15.5 Å². The summed E-state index contributed by atoms with van der Waals surface area (Å²) < 4.78 is 26.4. The average molecular weight is 374 g/mol. The molecule has 0 bridgehead atoms. The molecule has 1 aliphatic rings. The molecule has 8 heteroatoms. The van der Waals surface area contributed by atoms with Crippen molar-refractivity contribution in [1.82, 2.24) is 10.2 Å². The second kappa shape index (κ2) is 8.48. The lowest BCUT2D eigenvalue weighted by Gasteiger charge is -2.36. The van der Waals surface area contributed by atoms with Gasteiger partial charge in [-0.1, -0.05) is 18.2 Å². The van der Waals surface area contributed by atoms with Crippen LogP contribution in [0.4, 0.5) is 25.0 Å². The first-order chi connectivity index (χ1) is 13.0. The van der Waals surface area contributed by atoms with Crippen LogP contribution >= 0.6 is 0 Å². The van der Waals surface area contributed by atoms with E-state index in [1.807, 2.05) is 30.3 Å². The fourth-order valence-corrected chi connectivity index (χ4v) is 2.88. The Balaban J connectivity index is 1.44. The SMILES string of the molecule is O=C(NCC(=O)N1CCN(c2ccccc2)CC1)Nc1ccc(F)cc1F. The van der Waals surface area contributed by atoms with Crippen LogP contribution < -0.4 is 15.5 Å². The van der Waals surface area contributed by atoms with Gasteiger partial charge in [-0.2, -0.15) is 0 Å². The molecule has 1 saturated heterocycles. The zero-order chi connectivity index (χ0) is 19.2. The standard InChI is InChI=1S/C19H20F2N4O2/c20-14-6-7-17(16(21)12-14)23-19(27)22-13-18(26)25-10-8-24(9-11-25)15-4-2-1-3-5-15/h1-7,12H,8-11,13H2,(H2,22,23,27). The molecular weight excluding hydrogens is 354 g/mol. The summed E-state index contributed by atoms with van der Waals surface area (Å²) in [7, 11) is 0. The van der Waals surface area contributed by atoms with Crippen LogP contribution in [0.2, 0.25) is 0 Å². The molecule has 2 aromatic carbocycles. The number of hydrogen-bond acceptors (Lipinski definition) is 3. The van der Waals surface area contributed by atoms with Gasteiger partial charge in [0, 0.05) is 37.9 Å². The van der Waals surface area contributed by atoms with Gasteiger partial charge in [0.05, 0.1) is 12.2 Å². The minimum atomic E-state index is -0.881. The number of urea groups is 1. The molecule has 0 saturated carbocycles. The van der Waals surface area contributed by atoms with Crippen LogP contribution in [0, 0.1) is 11.6 Å². The maximum absolute atomic E-state index is 13.5. The second-order valence-electron chi connectivity index (χ2n) is 6.14. The van der Waals surface area contributed by atoms with Crippen LogP contribution in [-0.2, 0) is 4.79 Å². The number of nitrogens with zero attached hydrogens (tertiary/aromatic N) is 2. The Morgan fingerprint density at radius 3 is 2.33 bits per heavy atom. The molecule has 142 valence electrons. The predicted molar refractivity (Wildman–Crippen MR) is 98.6 cm³/mol. The largest absolute Gasteiger partial charge is 0.368 e. The number of hydrogen-bond donors (Lipinski definition) is 2. The molecule has 1 fully saturated rings. The van der Waals surface area contributed by atoms with E-state index in [1.54, 1.807) is 4.90 Å². The van der Waals surface area contributed by atoms with Crippen LogP contribution in [0.25, 0.3) is 0 Å². The summed E-state index contributed by atoms with van der Waals surface area (Å²) in [4.78, 5) is 27.9. The first-order valence-corrected chi connectivity index (χ1v) is 8.60. The van der Waals surface area contributed by atoms with E-state index in [-0.39, 0.29) is 18.1 Å². The Hall–Kier alpha value is -3.16. The molecule has 1 aliphatic heterocycles. The number of carbonyl (C=O) groups is 2. The Morgan fingerprint density at radius 2 is 1.67 bits per heavy atom. The molecule has 0 atom stereocenters. The normalized spacial score (nSPS) is 14.0. The molecule has 2 aromatic rings. The van der Waals surface area contributed by atoms with Crippen LogP contribution in [-0.4, -0.2) is 49.6 Å². The topological polar surface area (TPSA) is 64.7 Å². The number of piperazine rings is 1. The van der Waals surface area contributed by atoms with Gasteiger partial charge in [-0.15, -0.1) is 0 Å². The summed E-state index contributed by atoms with van der Waals surface area (Å²) in [5.74, 6) is -1.82. The number of amides is 3. The molecule has 3 amide bonds. The number of rotatable bonds is 4. The van der Waals surface area contributed by atoms with E-state index in [9.17, 15) is 18.4 Å². The minimum absolute atomic E-state index is 0.155. The van der Waals surface area contributed by atoms with Crippen molar-refractivity contribution in [3.63, 3.8) is 0 Å². The van der Waals surface area contributed by atoms with E-state index < -0.39 is 17.7 Å². The van der Waals surface area contributed by atoms with Gasteiger partial charge in [0.1, 0.15) is 11.6 Å². The predicted octanol–water partition coefficient (Wildman–Crippen LogP) is 2.44. The Labute approximate surface area is 155 Å².